The van der Waals surface area contributed by atoms with E-state index in [1.807, 2.05) is 12.1 Å². The predicted octanol–water partition coefficient (Wildman–Crippen LogP) is 4.42. The van der Waals surface area contributed by atoms with Crippen molar-refractivity contribution >= 4 is 17.5 Å². The van der Waals surface area contributed by atoms with Crippen molar-refractivity contribution in [3.05, 3.63) is 70.2 Å². The molecule has 0 bridgehead atoms. The minimum atomic E-state index is -0.329. The zero-order valence-corrected chi connectivity index (χ0v) is 17.0. The third kappa shape index (κ3) is 3.05. The van der Waals surface area contributed by atoms with E-state index in [0.29, 0.717) is 11.9 Å². The van der Waals surface area contributed by atoms with Crippen molar-refractivity contribution in [2.75, 3.05) is 19.6 Å². The van der Waals surface area contributed by atoms with Crippen molar-refractivity contribution in [2.45, 2.75) is 50.1 Å². The normalized spacial score (nSPS) is 22.0. The first kappa shape index (κ1) is 18.2. The minimum Gasteiger partial charge on any atom is -0.339 e. The quantitative estimate of drug-likeness (QED) is 0.769. The Morgan fingerprint density at radius 1 is 0.964 bits per heavy atom. The molecule has 0 atom stereocenters. The highest BCUT2D eigenvalue weighted by Crippen LogP contribution is 2.44. The number of rotatable bonds is 3. The lowest BCUT2D eigenvalue weighted by molar-refractivity contribution is -0.145. The van der Waals surface area contributed by atoms with Crippen LogP contribution in [0.1, 0.15) is 42.4 Å². The molecule has 2 aromatic carbocycles. The van der Waals surface area contributed by atoms with Crippen LogP contribution in [0.5, 0.6) is 0 Å². The number of carbonyl (C=O) groups is 1. The summed E-state index contributed by atoms with van der Waals surface area (Å²) in [5.74, 6) is 0.334. The topological polar surface area (TPSA) is 23.6 Å². The number of benzene rings is 2. The molecule has 5 rings (SSSR count). The first-order valence-electron chi connectivity index (χ1n) is 10.5. The monoisotopic (exact) mass is 394 g/mol. The molecule has 3 aliphatic rings. The highest BCUT2D eigenvalue weighted by Gasteiger charge is 2.48. The number of nitrogens with zero attached hydrogens (tertiary/aromatic N) is 2. The van der Waals surface area contributed by atoms with Crippen molar-refractivity contribution in [1.29, 1.82) is 0 Å². The summed E-state index contributed by atoms with van der Waals surface area (Å²) >= 11 is 6.08. The minimum absolute atomic E-state index is 0.329. The van der Waals surface area contributed by atoms with Crippen LogP contribution in [0.15, 0.2) is 48.5 Å². The lowest BCUT2D eigenvalue weighted by atomic mass is 9.76. The molecule has 28 heavy (non-hydrogen) atoms. The predicted molar refractivity (Wildman–Crippen MR) is 113 cm³/mol. The highest BCUT2D eigenvalue weighted by atomic mass is 35.5. The van der Waals surface area contributed by atoms with Crippen molar-refractivity contribution in [1.82, 2.24) is 9.80 Å². The van der Waals surface area contributed by atoms with Crippen LogP contribution in [-0.4, -0.2) is 41.4 Å². The Kier molecular flexibility index (Phi) is 4.68. The molecule has 0 radical (unpaired) electrons. The van der Waals surface area contributed by atoms with Gasteiger partial charge in [-0.2, -0.15) is 0 Å². The fourth-order valence-corrected chi connectivity index (χ4v) is 5.48. The number of halogens is 1. The van der Waals surface area contributed by atoms with Gasteiger partial charge in [-0.25, -0.2) is 0 Å². The molecule has 2 heterocycles. The first-order chi connectivity index (χ1) is 13.7. The van der Waals surface area contributed by atoms with Gasteiger partial charge < -0.3 is 4.90 Å². The van der Waals surface area contributed by atoms with Gasteiger partial charge in [-0.05, 0) is 48.1 Å². The summed E-state index contributed by atoms with van der Waals surface area (Å²) in [4.78, 5) is 18.2. The maximum atomic E-state index is 13.5. The zero-order valence-electron chi connectivity index (χ0n) is 16.2. The Balaban J connectivity index is 1.28. The summed E-state index contributed by atoms with van der Waals surface area (Å²) in [5, 5.41) is 0.735. The van der Waals surface area contributed by atoms with Gasteiger partial charge in [-0.15, -0.1) is 0 Å². The van der Waals surface area contributed by atoms with E-state index >= 15 is 0 Å². The first-order valence-corrected chi connectivity index (χ1v) is 10.9. The van der Waals surface area contributed by atoms with Crippen LogP contribution in [0.3, 0.4) is 0 Å². The average molecular weight is 395 g/mol. The third-order valence-corrected chi connectivity index (χ3v) is 7.34. The van der Waals surface area contributed by atoms with Gasteiger partial charge >= 0.3 is 0 Å². The van der Waals surface area contributed by atoms with Crippen LogP contribution in [0, 0.1) is 0 Å². The van der Waals surface area contributed by atoms with Gasteiger partial charge in [0, 0.05) is 37.2 Å². The van der Waals surface area contributed by atoms with Crippen LogP contribution in [0.4, 0.5) is 0 Å². The smallest absolute Gasteiger partial charge is 0.233 e. The summed E-state index contributed by atoms with van der Waals surface area (Å²) in [6.07, 6.45) is 5.32. The van der Waals surface area contributed by atoms with E-state index in [2.05, 4.69) is 46.2 Å². The van der Waals surface area contributed by atoms with Crippen LogP contribution in [0.2, 0.25) is 5.02 Å². The van der Waals surface area contributed by atoms with Gasteiger partial charge in [0.25, 0.3) is 0 Å². The molecule has 2 fully saturated rings. The fourth-order valence-electron chi connectivity index (χ4n) is 5.36. The van der Waals surface area contributed by atoms with Crippen molar-refractivity contribution in [2.24, 2.45) is 0 Å². The second-order valence-corrected chi connectivity index (χ2v) is 9.09. The Hall–Kier alpha value is -1.84. The van der Waals surface area contributed by atoms with Gasteiger partial charge in [0.15, 0.2) is 0 Å². The molecule has 1 aliphatic carbocycles. The molecule has 146 valence electrons. The molecule has 1 saturated heterocycles. The summed E-state index contributed by atoms with van der Waals surface area (Å²) < 4.78 is 0. The standard InChI is InChI=1S/C24H27ClN2O/c25-21-9-7-20(8-10-21)24(12-3-4-13-24)23(28)27-16-22(17-27)26-14-11-18-5-1-2-6-19(18)15-26/h1-2,5-10,22H,3-4,11-17H2. The molecule has 2 aliphatic heterocycles. The maximum absolute atomic E-state index is 13.5. The van der Waals surface area contributed by atoms with Crippen LogP contribution < -0.4 is 0 Å². The molecule has 3 nitrogen and oxygen atoms in total. The molecule has 0 spiro atoms. The number of amides is 1. The van der Waals surface area contributed by atoms with E-state index in [0.717, 1.165) is 68.9 Å². The van der Waals surface area contributed by atoms with E-state index in [9.17, 15) is 4.79 Å². The van der Waals surface area contributed by atoms with Gasteiger partial charge in [0.05, 0.1) is 5.41 Å². The van der Waals surface area contributed by atoms with Crippen molar-refractivity contribution < 1.29 is 4.79 Å². The van der Waals surface area contributed by atoms with Crippen molar-refractivity contribution in [3.8, 4) is 0 Å². The Labute approximate surface area is 172 Å². The highest BCUT2D eigenvalue weighted by molar-refractivity contribution is 6.30. The van der Waals surface area contributed by atoms with Crippen molar-refractivity contribution in [3.63, 3.8) is 0 Å². The lowest BCUT2D eigenvalue weighted by Crippen LogP contribution is -2.64. The van der Waals surface area contributed by atoms with E-state index in [-0.39, 0.29) is 5.41 Å². The van der Waals surface area contributed by atoms with E-state index in [1.54, 1.807) is 0 Å². The SMILES string of the molecule is O=C(N1CC(N2CCc3ccccc3C2)C1)C1(c2ccc(Cl)cc2)CCCC1. The summed E-state index contributed by atoms with van der Waals surface area (Å²) in [7, 11) is 0. The molecular formula is C24H27ClN2O. The molecule has 1 saturated carbocycles. The molecule has 0 aromatic heterocycles. The van der Waals surface area contributed by atoms with Gasteiger partial charge in [0.2, 0.25) is 5.91 Å². The average Bonchev–Trinajstić information content (AvgIpc) is 3.18. The molecule has 0 unspecified atom stereocenters. The number of carbonyl (C=O) groups excluding carboxylic acids is 1. The Bertz CT molecular complexity index is 866. The van der Waals surface area contributed by atoms with Gasteiger partial charge in [-0.3, -0.25) is 9.69 Å². The molecule has 1 amide bonds. The largest absolute Gasteiger partial charge is 0.339 e. The third-order valence-electron chi connectivity index (χ3n) is 7.09. The van der Waals surface area contributed by atoms with Crippen LogP contribution in [0.25, 0.3) is 0 Å². The van der Waals surface area contributed by atoms with Crippen LogP contribution >= 0.6 is 11.6 Å². The summed E-state index contributed by atoms with van der Waals surface area (Å²) in [6.45, 7) is 3.86. The Morgan fingerprint density at radius 2 is 1.64 bits per heavy atom. The second kappa shape index (κ2) is 7.20. The second-order valence-electron chi connectivity index (χ2n) is 8.65. The van der Waals surface area contributed by atoms with E-state index in [4.69, 9.17) is 11.6 Å². The van der Waals surface area contributed by atoms with E-state index < -0.39 is 0 Å². The van der Waals surface area contributed by atoms with E-state index in [1.165, 1.54) is 11.1 Å². The number of fused-ring (bicyclic) bond motifs is 1. The summed E-state index contributed by atoms with van der Waals surface area (Å²) in [5.41, 5.74) is 3.75. The van der Waals surface area contributed by atoms with Crippen LogP contribution in [-0.2, 0) is 23.2 Å². The molecule has 4 heteroatoms. The number of hydrogen-bond acceptors (Lipinski definition) is 2. The summed E-state index contributed by atoms with van der Waals surface area (Å²) in [6, 6.07) is 17.2. The number of hydrogen-bond donors (Lipinski definition) is 0. The number of likely N-dealkylation sites (tertiary alicyclic amines) is 1. The maximum Gasteiger partial charge on any atom is 0.233 e. The lowest BCUT2D eigenvalue weighted by Gasteiger charge is -2.49. The zero-order chi connectivity index (χ0) is 19.1. The molecular weight excluding hydrogens is 368 g/mol. The molecule has 2 aromatic rings. The fraction of sp³-hybridized carbons (Fsp3) is 0.458. The van der Waals surface area contributed by atoms with Gasteiger partial charge in [-0.1, -0.05) is 60.8 Å². The van der Waals surface area contributed by atoms with Gasteiger partial charge in [0.1, 0.15) is 0 Å². The molecule has 0 N–H and O–H groups in total. The Morgan fingerprint density at radius 3 is 2.36 bits per heavy atom.